The summed E-state index contributed by atoms with van der Waals surface area (Å²) in [6, 6.07) is 5.96. The molecule has 2 unspecified atom stereocenters. The fourth-order valence-corrected chi connectivity index (χ4v) is 2.87. The second-order valence-electron chi connectivity index (χ2n) is 5.97. The molecule has 0 spiro atoms. The molecule has 1 aromatic rings. The average molecular weight is 279 g/mol. The zero-order chi connectivity index (χ0) is 14.7. The van der Waals surface area contributed by atoms with E-state index in [0.717, 1.165) is 43.6 Å². The van der Waals surface area contributed by atoms with Crippen molar-refractivity contribution in [3.05, 3.63) is 29.6 Å². The van der Waals surface area contributed by atoms with Crippen LogP contribution in [-0.4, -0.2) is 44.2 Å². The molecule has 112 valence electrons. The normalized spacial score (nSPS) is 20.7. The van der Waals surface area contributed by atoms with Gasteiger partial charge in [-0.15, -0.1) is 0 Å². The number of likely N-dealkylation sites (N-methyl/N-ethyl adjacent to an activating group) is 1. The van der Waals surface area contributed by atoms with Gasteiger partial charge in [-0.2, -0.15) is 0 Å². The van der Waals surface area contributed by atoms with Crippen LogP contribution in [0.5, 0.6) is 0 Å². The molecule has 1 aliphatic heterocycles. The lowest BCUT2D eigenvalue weighted by Gasteiger charge is -2.25. The van der Waals surface area contributed by atoms with E-state index in [2.05, 4.69) is 30.8 Å². The first kappa shape index (κ1) is 15.3. The number of para-hydroxylation sites is 1. The number of anilines is 1. The van der Waals surface area contributed by atoms with Gasteiger partial charge in [0.2, 0.25) is 0 Å². The number of halogens is 1. The summed E-state index contributed by atoms with van der Waals surface area (Å²) in [4.78, 5) is 4.40. The second kappa shape index (κ2) is 6.55. The Kier molecular flexibility index (Phi) is 5.00. The molecule has 2 N–H and O–H groups in total. The molecule has 0 aliphatic carbocycles. The minimum Gasteiger partial charge on any atom is -0.367 e. The number of nitrogens with two attached hydrogens (primary N) is 1. The van der Waals surface area contributed by atoms with E-state index in [1.165, 1.54) is 0 Å². The van der Waals surface area contributed by atoms with Gasteiger partial charge < -0.3 is 15.5 Å². The van der Waals surface area contributed by atoms with Crippen LogP contribution in [0.1, 0.15) is 25.3 Å². The Morgan fingerprint density at radius 1 is 1.45 bits per heavy atom. The largest absolute Gasteiger partial charge is 0.367 e. The molecule has 1 fully saturated rings. The van der Waals surface area contributed by atoms with E-state index < -0.39 is 0 Å². The second-order valence-corrected chi connectivity index (χ2v) is 5.97. The van der Waals surface area contributed by atoms with Crippen molar-refractivity contribution in [2.24, 2.45) is 5.73 Å². The van der Waals surface area contributed by atoms with Crippen LogP contribution < -0.4 is 10.6 Å². The van der Waals surface area contributed by atoms with Crippen LogP contribution in [0.15, 0.2) is 18.2 Å². The zero-order valence-electron chi connectivity index (χ0n) is 12.8. The highest BCUT2D eigenvalue weighted by molar-refractivity contribution is 5.56. The first-order valence-corrected chi connectivity index (χ1v) is 7.47. The topological polar surface area (TPSA) is 32.5 Å². The molecule has 0 aromatic heterocycles. The Balaban J connectivity index is 2.22. The van der Waals surface area contributed by atoms with Crippen molar-refractivity contribution in [3.8, 4) is 0 Å². The van der Waals surface area contributed by atoms with Crippen molar-refractivity contribution in [2.45, 2.75) is 38.3 Å². The number of nitrogens with zero attached hydrogens (tertiary/aromatic N) is 2. The van der Waals surface area contributed by atoms with E-state index in [1.807, 2.05) is 6.07 Å². The molecule has 1 heterocycles. The monoisotopic (exact) mass is 279 g/mol. The zero-order valence-corrected chi connectivity index (χ0v) is 12.8. The van der Waals surface area contributed by atoms with E-state index in [9.17, 15) is 4.39 Å². The van der Waals surface area contributed by atoms with Gasteiger partial charge in [-0.1, -0.05) is 19.1 Å². The minimum absolute atomic E-state index is 0.0998. The highest BCUT2D eigenvalue weighted by Crippen LogP contribution is 2.29. The summed E-state index contributed by atoms with van der Waals surface area (Å²) in [5.41, 5.74) is 7.85. The number of hydrogen-bond donors (Lipinski definition) is 1. The molecule has 0 saturated carbocycles. The first-order chi connectivity index (χ1) is 9.52. The fourth-order valence-electron chi connectivity index (χ4n) is 2.87. The van der Waals surface area contributed by atoms with Gasteiger partial charge in [0.25, 0.3) is 0 Å². The Hall–Kier alpha value is -1.13. The van der Waals surface area contributed by atoms with Crippen molar-refractivity contribution in [1.29, 1.82) is 0 Å². The van der Waals surface area contributed by atoms with E-state index >= 15 is 0 Å². The van der Waals surface area contributed by atoms with Gasteiger partial charge >= 0.3 is 0 Å². The minimum atomic E-state index is -0.120. The van der Waals surface area contributed by atoms with Crippen LogP contribution in [0.25, 0.3) is 0 Å². The Labute approximate surface area is 121 Å². The van der Waals surface area contributed by atoms with Gasteiger partial charge in [-0.25, -0.2) is 4.39 Å². The maximum absolute atomic E-state index is 14.3. The van der Waals surface area contributed by atoms with Gasteiger partial charge in [0.1, 0.15) is 5.82 Å². The predicted octanol–water partition coefficient (Wildman–Crippen LogP) is 2.25. The summed E-state index contributed by atoms with van der Waals surface area (Å²) in [7, 11) is 4.17. The fraction of sp³-hybridized carbons (Fsp3) is 0.625. The number of hydrogen-bond acceptors (Lipinski definition) is 3. The smallest absolute Gasteiger partial charge is 0.146 e. The number of benzene rings is 1. The molecule has 0 radical (unpaired) electrons. The third kappa shape index (κ3) is 3.30. The van der Waals surface area contributed by atoms with Crippen LogP contribution in [0, 0.1) is 5.82 Å². The summed E-state index contributed by atoms with van der Waals surface area (Å²) in [5.74, 6) is -0.120. The van der Waals surface area contributed by atoms with E-state index in [4.69, 9.17) is 5.73 Å². The highest BCUT2D eigenvalue weighted by Gasteiger charge is 2.27. The SMILES string of the molecule is CCC(N)Cc1cccc(F)c1N1CCC(N(C)C)C1. The molecular formula is C16H26FN3. The maximum atomic E-state index is 14.3. The van der Waals surface area contributed by atoms with Crippen molar-refractivity contribution in [3.63, 3.8) is 0 Å². The van der Waals surface area contributed by atoms with Crippen LogP contribution in [-0.2, 0) is 6.42 Å². The third-order valence-corrected chi connectivity index (χ3v) is 4.29. The van der Waals surface area contributed by atoms with Crippen molar-refractivity contribution in [2.75, 3.05) is 32.1 Å². The summed E-state index contributed by atoms with van der Waals surface area (Å²) in [5, 5.41) is 0. The van der Waals surface area contributed by atoms with Gasteiger partial charge in [-0.3, -0.25) is 0 Å². The quantitative estimate of drug-likeness (QED) is 0.897. The molecular weight excluding hydrogens is 253 g/mol. The van der Waals surface area contributed by atoms with Gasteiger partial charge in [0.05, 0.1) is 5.69 Å². The summed E-state index contributed by atoms with van der Waals surface area (Å²) in [6.45, 7) is 3.88. The molecule has 3 nitrogen and oxygen atoms in total. The van der Waals surface area contributed by atoms with Crippen LogP contribution in [0.2, 0.25) is 0 Å². The molecule has 1 saturated heterocycles. The predicted molar refractivity (Wildman–Crippen MR) is 82.7 cm³/mol. The van der Waals surface area contributed by atoms with E-state index in [-0.39, 0.29) is 11.9 Å². The first-order valence-electron chi connectivity index (χ1n) is 7.47. The Morgan fingerprint density at radius 3 is 2.80 bits per heavy atom. The number of rotatable bonds is 5. The van der Waals surface area contributed by atoms with Gasteiger partial charge in [0, 0.05) is 25.2 Å². The molecule has 2 atom stereocenters. The summed E-state index contributed by atoms with van der Waals surface area (Å²) < 4.78 is 14.3. The summed E-state index contributed by atoms with van der Waals surface area (Å²) >= 11 is 0. The van der Waals surface area contributed by atoms with Crippen LogP contribution in [0.3, 0.4) is 0 Å². The lowest BCUT2D eigenvalue weighted by atomic mass is 10.0. The van der Waals surface area contributed by atoms with Crippen LogP contribution in [0.4, 0.5) is 10.1 Å². The highest BCUT2D eigenvalue weighted by atomic mass is 19.1. The van der Waals surface area contributed by atoms with Crippen molar-refractivity contribution < 1.29 is 4.39 Å². The Bertz CT molecular complexity index is 447. The lowest BCUT2D eigenvalue weighted by molar-refractivity contribution is 0.315. The van der Waals surface area contributed by atoms with E-state index in [0.29, 0.717) is 6.04 Å². The van der Waals surface area contributed by atoms with Crippen molar-refractivity contribution in [1.82, 2.24) is 4.90 Å². The van der Waals surface area contributed by atoms with Gasteiger partial charge in [0.15, 0.2) is 0 Å². The third-order valence-electron chi connectivity index (χ3n) is 4.29. The Morgan fingerprint density at radius 2 is 2.20 bits per heavy atom. The molecule has 4 heteroatoms. The van der Waals surface area contributed by atoms with Crippen molar-refractivity contribution >= 4 is 5.69 Å². The maximum Gasteiger partial charge on any atom is 0.146 e. The lowest BCUT2D eigenvalue weighted by Crippen LogP contribution is -2.32. The van der Waals surface area contributed by atoms with E-state index in [1.54, 1.807) is 12.1 Å². The molecule has 20 heavy (non-hydrogen) atoms. The molecule has 0 bridgehead atoms. The van der Waals surface area contributed by atoms with Gasteiger partial charge in [-0.05, 0) is 45.0 Å². The molecule has 1 aliphatic rings. The molecule has 2 rings (SSSR count). The molecule has 1 aromatic carbocycles. The molecule has 0 amide bonds. The summed E-state index contributed by atoms with van der Waals surface area (Å²) in [6.07, 6.45) is 2.74. The van der Waals surface area contributed by atoms with Crippen LogP contribution >= 0.6 is 0 Å². The standard InChI is InChI=1S/C16H26FN3/c1-4-13(18)10-12-6-5-7-15(17)16(12)20-9-8-14(11-20)19(2)3/h5-7,13-14H,4,8-11,18H2,1-3H3. The average Bonchev–Trinajstić information content (AvgIpc) is 2.88.